The van der Waals surface area contributed by atoms with Gasteiger partial charge in [0.1, 0.15) is 0 Å². The lowest BCUT2D eigenvalue weighted by Gasteiger charge is -2.00. The number of hydrogen-bond acceptors (Lipinski definition) is 2. The Labute approximate surface area is 76.6 Å². The summed E-state index contributed by atoms with van der Waals surface area (Å²) in [6.45, 7) is 2.30. The molecule has 1 aliphatic rings. The van der Waals surface area contributed by atoms with Gasteiger partial charge in [0.05, 0.1) is 11.0 Å². The molecule has 1 aromatic carbocycles. The van der Waals surface area contributed by atoms with Crippen molar-refractivity contribution < 1.29 is 0 Å². The Morgan fingerprint density at radius 1 is 1.23 bits per heavy atom. The molecule has 1 fully saturated rings. The molecule has 0 atom stereocenters. The van der Waals surface area contributed by atoms with Crippen molar-refractivity contribution in [2.24, 2.45) is 7.05 Å². The summed E-state index contributed by atoms with van der Waals surface area (Å²) >= 11 is 0. The second kappa shape index (κ2) is 2.25. The molecule has 2 aromatic rings. The minimum absolute atomic E-state index is 1.09. The highest BCUT2D eigenvalue weighted by Gasteiger charge is 2.23. The maximum atomic E-state index is 4.56. The summed E-state index contributed by atoms with van der Waals surface area (Å²) in [5.41, 5.74) is 2.30. The molecule has 1 aliphatic heterocycles. The Morgan fingerprint density at radius 2 is 2.00 bits per heavy atom. The van der Waals surface area contributed by atoms with Crippen LogP contribution in [-0.2, 0) is 7.05 Å². The summed E-state index contributed by atoms with van der Waals surface area (Å²) in [4.78, 5) is 6.83. The van der Waals surface area contributed by atoms with Crippen LogP contribution >= 0.6 is 0 Å². The van der Waals surface area contributed by atoms with Crippen molar-refractivity contribution in [3.8, 4) is 0 Å². The molecule has 1 saturated heterocycles. The number of para-hydroxylation sites is 2. The number of aromatic nitrogens is 2. The van der Waals surface area contributed by atoms with Crippen LogP contribution < -0.4 is 4.90 Å². The lowest BCUT2D eigenvalue weighted by molar-refractivity contribution is 0.933. The molecular weight excluding hydrogens is 162 g/mol. The minimum Gasteiger partial charge on any atom is -0.339 e. The van der Waals surface area contributed by atoms with Crippen molar-refractivity contribution in [3.05, 3.63) is 24.3 Å². The van der Waals surface area contributed by atoms with Gasteiger partial charge in [0, 0.05) is 20.1 Å². The first-order chi connectivity index (χ1) is 6.36. The van der Waals surface area contributed by atoms with E-state index in [9.17, 15) is 0 Å². The van der Waals surface area contributed by atoms with Crippen LogP contribution in [0.25, 0.3) is 11.0 Å². The van der Waals surface area contributed by atoms with Gasteiger partial charge in [-0.15, -0.1) is 0 Å². The molecule has 3 nitrogen and oxygen atoms in total. The third-order valence-electron chi connectivity index (χ3n) is 2.49. The number of aryl methyl sites for hydroxylation is 1. The second-order valence-corrected chi connectivity index (χ2v) is 3.45. The van der Waals surface area contributed by atoms with Crippen molar-refractivity contribution in [1.82, 2.24) is 9.55 Å². The van der Waals surface area contributed by atoms with Crippen molar-refractivity contribution >= 4 is 17.0 Å². The lowest BCUT2D eigenvalue weighted by atomic mass is 10.3. The van der Waals surface area contributed by atoms with E-state index in [1.54, 1.807) is 0 Å². The molecule has 3 heteroatoms. The molecule has 3 rings (SSSR count). The van der Waals surface area contributed by atoms with Crippen LogP contribution in [-0.4, -0.2) is 22.6 Å². The Hall–Kier alpha value is -1.51. The zero-order valence-corrected chi connectivity index (χ0v) is 7.57. The summed E-state index contributed by atoms with van der Waals surface area (Å²) < 4.78 is 2.16. The fourth-order valence-electron chi connectivity index (χ4n) is 1.67. The van der Waals surface area contributed by atoms with Crippen LogP contribution in [0, 0.1) is 0 Å². The average molecular weight is 173 g/mol. The standard InChI is InChI=1S/C10H11N3/c1-12-9-5-3-2-4-8(9)11-10(12)13-6-7-13/h2-5H,6-7H2,1H3. The van der Waals surface area contributed by atoms with Crippen molar-refractivity contribution in [2.45, 2.75) is 0 Å². The summed E-state index contributed by atoms with van der Waals surface area (Å²) in [6, 6.07) is 8.25. The van der Waals surface area contributed by atoms with Gasteiger partial charge in [-0.05, 0) is 12.1 Å². The normalized spacial score (nSPS) is 15.3. The number of hydrogen-bond donors (Lipinski definition) is 0. The monoisotopic (exact) mass is 173 g/mol. The number of nitrogens with zero attached hydrogens (tertiary/aromatic N) is 3. The highest BCUT2D eigenvalue weighted by molar-refractivity contribution is 5.79. The van der Waals surface area contributed by atoms with E-state index in [2.05, 4.69) is 39.7 Å². The summed E-state index contributed by atoms with van der Waals surface area (Å²) in [5, 5.41) is 0. The summed E-state index contributed by atoms with van der Waals surface area (Å²) in [6.07, 6.45) is 0. The molecule has 0 N–H and O–H groups in total. The van der Waals surface area contributed by atoms with Crippen LogP contribution in [0.15, 0.2) is 24.3 Å². The van der Waals surface area contributed by atoms with E-state index in [0.29, 0.717) is 0 Å². The SMILES string of the molecule is Cn1c(N2CC2)nc2ccccc21. The molecule has 0 bridgehead atoms. The van der Waals surface area contributed by atoms with Crippen LogP contribution in [0.5, 0.6) is 0 Å². The highest BCUT2D eigenvalue weighted by atomic mass is 15.4. The zero-order valence-electron chi connectivity index (χ0n) is 7.57. The van der Waals surface area contributed by atoms with E-state index in [4.69, 9.17) is 0 Å². The van der Waals surface area contributed by atoms with Gasteiger partial charge in [0.15, 0.2) is 0 Å². The topological polar surface area (TPSA) is 20.8 Å². The van der Waals surface area contributed by atoms with Gasteiger partial charge in [-0.3, -0.25) is 0 Å². The second-order valence-electron chi connectivity index (χ2n) is 3.45. The van der Waals surface area contributed by atoms with Crippen LogP contribution in [0.4, 0.5) is 5.95 Å². The van der Waals surface area contributed by atoms with Crippen LogP contribution in [0.3, 0.4) is 0 Å². The van der Waals surface area contributed by atoms with Crippen molar-refractivity contribution in [2.75, 3.05) is 18.0 Å². The molecule has 0 aliphatic carbocycles. The molecule has 1 aromatic heterocycles. The Morgan fingerprint density at radius 3 is 2.69 bits per heavy atom. The lowest BCUT2D eigenvalue weighted by Crippen LogP contribution is -1.99. The quantitative estimate of drug-likeness (QED) is 0.608. The Kier molecular flexibility index (Phi) is 1.20. The number of benzene rings is 1. The highest BCUT2D eigenvalue weighted by Crippen LogP contribution is 2.24. The smallest absolute Gasteiger partial charge is 0.206 e. The minimum atomic E-state index is 1.09. The summed E-state index contributed by atoms with van der Waals surface area (Å²) in [5.74, 6) is 1.10. The number of imidazole rings is 1. The Bertz CT molecular complexity index is 454. The van der Waals surface area contributed by atoms with E-state index >= 15 is 0 Å². The molecule has 0 amide bonds. The zero-order chi connectivity index (χ0) is 8.84. The van der Waals surface area contributed by atoms with Crippen LogP contribution in [0.1, 0.15) is 0 Å². The first-order valence-corrected chi connectivity index (χ1v) is 4.53. The van der Waals surface area contributed by atoms with Gasteiger partial charge >= 0.3 is 0 Å². The summed E-state index contributed by atoms with van der Waals surface area (Å²) in [7, 11) is 2.07. The molecule has 0 spiro atoms. The molecule has 0 saturated carbocycles. The van der Waals surface area contributed by atoms with Crippen molar-refractivity contribution in [3.63, 3.8) is 0 Å². The van der Waals surface area contributed by atoms with E-state index in [0.717, 1.165) is 24.6 Å². The van der Waals surface area contributed by atoms with Gasteiger partial charge in [-0.2, -0.15) is 0 Å². The van der Waals surface area contributed by atoms with E-state index in [1.165, 1.54) is 5.52 Å². The van der Waals surface area contributed by atoms with E-state index in [-0.39, 0.29) is 0 Å². The van der Waals surface area contributed by atoms with Gasteiger partial charge in [0.2, 0.25) is 5.95 Å². The van der Waals surface area contributed by atoms with Gasteiger partial charge in [0.25, 0.3) is 0 Å². The largest absolute Gasteiger partial charge is 0.339 e. The molecule has 0 radical (unpaired) electrons. The fraction of sp³-hybridized carbons (Fsp3) is 0.300. The van der Waals surface area contributed by atoms with Crippen LogP contribution in [0.2, 0.25) is 0 Å². The third-order valence-corrected chi connectivity index (χ3v) is 2.49. The van der Waals surface area contributed by atoms with Gasteiger partial charge in [-0.1, -0.05) is 12.1 Å². The Balaban J connectivity index is 2.30. The van der Waals surface area contributed by atoms with Gasteiger partial charge in [-0.25, -0.2) is 4.98 Å². The average Bonchev–Trinajstić information content (AvgIpc) is 2.94. The van der Waals surface area contributed by atoms with E-state index < -0.39 is 0 Å². The number of anilines is 1. The van der Waals surface area contributed by atoms with Gasteiger partial charge < -0.3 is 9.47 Å². The maximum Gasteiger partial charge on any atom is 0.206 e. The number of fused-ring (bicyclic) bond motifs is 1. The first-order valence-electron chi connectivity index (χ1n) is 4.53. The fourth-order valence-corrected chi connectivity index (χ4v) is 1.67. The third kappa shape index (κ3) is 0.932. The predicted molar refractivity (Wildman–Crippen MR) is 52.9 cm³/mol. The first kappa shape index (κ1) is 6.95. The predicted octanol–water partition coefficient (Wildman–Crippen LogP) is 1.39. The molecular formula is C10H11N3. The molecule has 2 heterocycles. The molecule has 66 valence electrons. The van der Waals surface area contributed by atoms with Crippen molar-refractivity contribution in [1.29, 1.82) is 0 Å². The number of rotatable bonds is 1. The molecule has 0 unspecified atom stereocenters. The molecule has 13 heavy (non-hydrogen) atoms. The van der Waals surface area contributed by atoms with E-state index in [1.807, 2.05) is 6.07 Å². The maximum absolute atomic E-state index is 4.56.